The van der Waals surface area contributed by atoms with Crippen molar-refractivity contribution in [3.63, 3.8) is 0 Å². The van der Waals surface area contributed by atoms with Gasteiger partial charge < -0.3 is 5.73 Å². The predicted molar refractivity (Wildman–Crippen MR) is 88.8 cm³/mol. The minimum Gasteiger partial charge on any atom is -0.329 e. The average Bonchev–Trinajstić information content (AvgIpc) is 2.90. The van der Waals surface area contributed by atoms with Crippen LogP contribution in [0.5, 0.6) is 0 Å². The molecule has 5 heteroatoms. The van der Waals surface area contributed by atoms with Crippen molar-refractivity contribution in [1.29, 1.82) is 0 Å². The molecule has 0 saturated carbocycles. The quantitative estimate of drug-likeness (QED) is 0.849. The van der Waals surface area contributed by atoms with E-state index in [2.05, 4.69) is 39.7 Å². The predicted octanol–water partition coefficient (Wildman–Crippen LogP) is 3.00. The highest BCUT2D eigenvalue weighted by atomic mass is 79.9. The van der Waals surface area contributed by atoms with Crippen LogP contribution in [0.25, 0.3) is 0 Å². The summed E-state index contributed by atoms with van der Waals surface area (Å²) in [7, 11) is 2.09. The van der Waals surface area contributed by atoms with Gasteiger partial charge in [0.05, 0.1) is 4.47 Å². The number of hydrogen-bond donors (Lipinski definition) is 1. The molecular weight excluding hydrogens is 333 g/mol. The van der Waals surface area contributed by atoms with Gasteiger partial charge in [-0.15, -0.1) is 0 Å². The summed E-state index contributed by atoms with van der Waals surface area (Å²) in [6.45, 7) is 5.97. The normalized spacial score (nSPS) is 21.1. The van der Waals surface area contributed by atoms with E-state index in [1.165, 1.54) is 19.4 Å². The van der Waals surface area contributed by atoms with Crippen molar-refractivity contribution in [2.45, 2.75) is 31.8 Å². The van der Waals surface area contributed by atoms with Crippen LogP contribution in [-0.4, -0.2) is 49.1 Å². The van der Waals surface area contributed by atoms with Gasteiger partial charge in [0.2, 0.25) is 0 Å². The Labute approximate surface area is 135 Å². The van der Waals surface area contributed by atoms with E-state index in [9.17, 15) is 4.39 Å². The average molecular weight is 358 g/mol. The highest BCUT2D eigenvalue weighted by molar-refractivity contribution is 9.10. The van der Waals surface area contributed by atoms with E-state index < -0.39 is 0 Å². The minimum atomic E-state index is -0.226. The lowest BCUT2D eigenvalue weighted by Gasteiger charge is -2.33. The van der Waals surface area contributed by atoms with Crippen LogP contribution in [0, 0.1) is 5.82 Å². The van der Waals surface area contributed by atoms with Gasteiger partial charge in [0.25, 0.3) is 0 Å². The van der Waals surface area contributed by atoms with Gasteiger partial charge in [-0.25, -0.2) is 4.39 Å². The zero-order valence-electron chi connectivity index (χ0n) is 12.9. The molecule has 2 unspecified atom stereocenters. The number of likely N-dealkylation sites (tertiary alicyclic amines) is 1. The van der Waals surface area contributed by atoms with E-state index in [4.69, 9.17) is 5.73 Å². The molecule has 1 aromatic rings. The number of nitrogens with two attached hydrogens (primary N) is 1. The summed E-state index contributed by atoms with van der Waals surface area (Å²) in [4.78, 5) is 4.79. The Bertz CT molecular complexity index is 469. The van der Waals surface area contributed by atoms with Crippen molar-refractivity contribution in [1.82, 2.24) is 9.80 Å². The summed E-state index contributed by atoms with van der Waals surface area (Å²) in [5.74, 6) is -0.226. The van der Waals surface area contributed by atoms with Crippen molar-refractivity contribution >= 4 is 15.9 Å². The monoisotopic (exact) mass is 357 g/mol. The first kappa shape index (κ1) is 16.9. The third-order valence-electron chi connectivity index (χ3n) is 4.49. The minimum absolute atomic E-state index is 0.0620. The topological polar surface area (TPSA) is 32.5 Å². The molecule has 0 spiro atoms. The van der Waals surface area contributed by atoms with E-state index in [1.807, 2.05) is 6.07 Å². The molecule has 118 valence electrons. The maximum atomic E-state index is 13.7. The SMILES string of the molecule is CCN1CCCC1CN(C)C(CN)c1ccc(Br)c(F)c1. The molecular formula is C16H25BrFN3. The van der Waals surface area contributed by atoms with Crippen LogP contribution < -0.4 is 5.73 Å². The van der Waals surface area contributed by atoms with Crippen LogP contribution in [0.15, 0.2) is 22.7 Å². The highest BCUT2D eigenvalue weighted by Crippen LogP contribution is 2.25. The van der Waals surface area contributed by atoms with Crippen LogP contribution in [0.1, 0.15) is 31.4 Å². The summed E-state index contributed by atoms with van der Waals surface area (Å²) in [5.41, 5.74) is 6.89. The van der Waals surface area contributed by atoms with Gasteiger partial charge in [-0.05, 0) is 66.6 Å². The summed E-state index contributed by atoms with van der Waals surface area (Å²) in [6.07, 6.45) is 2.51. The molecule has 2 rings (SSSR count). The molecule has 2 atom stereocenters. The molecule has 1 aliphatic rings. The van der Waals surface area contributed by atoms with Crippen LogP contribution in [0.2, 0.25) is 0 Å². The molecule has 0 aromatic heterocycles. The Morgan fingerprint density at radius 1 is 1.52 bits per heavy atom. The zero-order valence-corrected chi connectivity index (χ0v) is 14.4. The van der Waals surface area contributed by atoms with E-state index >= 15 is 0 Å². The van der Waals surface area contributed by atoms with Crippen LogP contribution >= 0.6 is 15.9 Å². The molecule has 1 fully saturated rings. The summed E-state index contributed by atoms with van der Waals surface area (Å²) >= 11 is 3.20. The third-order valence-corrected chi connectivity index (χ3v) is 5.13. The fraction of sp³-hybridized carbons (Fsp3) is 0.625. The van der Waals surface area contributed by atoms with E-state index in [1.54, 1.807) is 12.1 Å². The molecule has 1 saturated heterocycles. The Morgan fingerprint density at radius 3 is 2.90 bits per heavy atom. The second-order valence-electron chi connectivity index (χ2n) is 5.79. The van der Waals surface area contributed by atoms with E-state index in [0.29, 0.717) is 17.1 Å². The molecule has 3 nitrogen and oxygen atoms in total. The molecule has 1 aromatic carbocycles. The number of hydrogen-bond acceptors (Lipinski definition) is 3. The van der Waals surface area contributed by atoms with Gasteiger partial charge in [0, 0.05) is 25.2 Å². The van der Waals surface area contributed by atoms with Gasteiger partial charge in [-0.3, -0.25) is 9.80 Å². The summed E-state index contributed by atoms with van der Waals surface area (Å²) in [6, 6.07) is 5.95. The highest BCUT2D eigenvalue weighted by Gasteiger charge is 2.26. The molecule has 0 amide bonds. The maximum Gasteiger partial charge on any atom is 0.137 e. The van der Waals surface area contributed by atoms with E-state index in [0.717, 1.165) is 18.7 Å². The Kier molecular flexibility index (Phi) is 6.17. The second kappa shape index (κ2) is 7.68. The summed E-state index contributed by atoms with van der Waals surface area (Å²) in [5, 5.41) is 0. The first-order chi connectivity index (χ1) is 10.1. The first-order valence-corrected chi connectivity index (χ1v) is 8.45. The van der Waals surface area contributed by atoms with Crippen LogP contribution in [0.3, 0.4) is 0 Å². The molecule has 0 bridgehead atoms. The largest absolute Gasteiger partial charge is 0.329 e. The van der Waals surface area contributed by atoms with Gasteiger partial charge in [-0.1, -0.05) is 13.0 Å². The number of likely N-dealkylation sites (N-methyl/N-ethyl adjacent to an activating group) is 2. The van der Waals surface area contributed by atoms with Crippen molar-refractivity contribution in [2.24, 2.45) is 5.73 Å². The van der Waals surface area contributed by atoms with Crippen LogP contribution in [0.4, 0.5) is 4.39 Å². The first-order valence-electron chi connectivity index (χ1n) is 7.66. The maximum absolute atomic E-state index is 13.7. The zero-order chi connectivity index (χ0) is 15.4. The summed E-state index contributed by atoms with van der Waals surface area (Å²) < 4.78 is 14.2. The fourth-order valence-electron chi connectivity index (χ4n) is 3.27. The van der Waals surface area contributed by atoms with Crippen LogP contribution in [-0.2, 0) is 0 Å². The molecule has 0 aliphatic carbocycles. The lowest BCUT2D eigenvalue weighted by atomic mass is 10.0. The molecule has 0 radical (unpaired) electrons. The fourth-order valence-corrected chi connectivity index (χ4v) is 3.51. The van der Waals surface area contributed by atoms with Crippen molar-refractivity contribution in [3.8, 4) is 0 Å². The second-order valence-corrected chi connectivity index (χ2v) is 6.64. The molecule has 21 heavy (non-hydrogen) atoms. The van der Waals surface area contributed by atoms with Crippen molar-refractivity contribution < 1.29 is 4.39 Å². The van der Waals surface area contributed by atoms with Gasteiger partial charge in [0.1, 0.15) is 5.82 Å². The molecule has 1 aliphatic heterocycles. The Hall–Kier alpha value is -0.490. The standard InChI is InChI=1S/C16H25BrFN3/c1-3-21-8-4-5-13(21)11-20(2)16(10-19)12-6-7-14(17)15(18)9-12/h6-7,9,13,16H,3-5,8,10-11,19H2,1-2H3. The Balaban J connectivity index is 2.07. The smallest absolute Gasteiger partial charge is 0.137 e. The van der Waals surface area contributed by atoms with E-state index in [-0.39, 0.29) is 11.9 Å². The van der Waals surface area contributed by atoms with Gasteiger partial charge >= 0.3 is 0 Å². The molecule has 2 N–H and O–H groups in total. The number of rotatable bonds is 6. The van der Waals surface area contributed by atoms with Gasteiger partial charge in [-0.2, -0.15) is 0 Å². The number of halogens is 2. The molecule has 1 heterocycles. The Morgan fingerprint density at radius 2 is 2.29 bits per heavy atom. The third kappa shape index (κ3) is 4.03. The lowest BCUT2D eigenvalue weighted by molar-refractivity contribution is 0.165. The number of benzene rings is 1. The van der Waals surface area contributed by atoms with Crippen molar-refractivity contribution in [3.05, 3.63) is 34.1 Å². The lowest BCUT2D eigenvalue weighted by Crippen LogP contribution is -2.41. The van der Waals surface area contributed by atoms with Gasteiger partial charge in [0.15, 0.2) is 0 Å². The number of nitrogens with zero attached hydrogens (tertiary/aromatic N) is 2. The van der Waals surface area contributed by atoms with Crippen molar-refractivity contribution in [2.75, 3.05) is 33.2 Å².